The van der Waals surface area contributed by atoms with Crippen molar-refractivity contribution in [2.45, 2.75) is 13.1 Å². The Labute approximate surface area is 181 Å². The molecule has 0 aliphatic carbocycles. The summed E-state index contributed by atoms with van der Waals surface area (Å²) in [5.74, 6) is 0.104. The molecule has 0 atom stereocenters. The number of nitrogens with one attached hydrogen (secondary N) is 2. The molecular formula is C23H18N6O3. The molecule has 9 heteroatoms. The first-order valence-corrected chi connectivity index (χ1v) is 9.91. The quantitative estimate of drug-likeness (QED) is 0.417. The molecule has 0 radical (unpaired) electrons. The highest BCUT2D eigenvalue weighted by molar-refractivity contribution is 5.96. The topological polar surface area (TPSA) is 118 Å². The molecule has 5 aromatic rings. The van der Waals surface area contributed by atoms with Crippen LogP contribution in [0, 0.1) is 5.41 Å². The van der Waals surface area contributed by atoms with E-state index in [2.05, 4.69) is 15.3 Å². The van der Waals surface area contributed by atoms with Gasteiger partial charge in [0.05, 0.1) is 30.3 Å². The van der Waals surface area contributed by atoms with Gasteiger partial charge >= 0.3 is 0 Å². The maximum absolute atomic E-state index is 13.2. The highest BCUT2D eigenvalue weighted by Gasteiger charge is 2.18. The van der Waals surface area contributed by atoms with E-state index in [-0.39, 0.29) is 35.1 Å². The van der Waals surface area contributed by atoms with Gasteiger partial charge in [-0.25, -0.2) is 4.98 Å². The smallest absolute Gasteiger partial charge is 0.267 e. The highest BCUT2D eigenvalue weighted by Crippen LogP contribution is 2.12. The lowest BCUT2D eigenvalue weighted by Crippen LogP contribution is -2.35. The number of hydrogen-bond donors (Lipinski definition) is 2. The van der Waals surface area contributed by atoms with E-state index in [0.717, 1.165) is 5.56 Å². The monoisotopic (exact) mass is 426 g/mol. The van der Waals surface area contributed by atoms with Gasteiger partial charge < -0.3 is 14.3 Å². The fourth-order valence-corrected chi connectivity index (χ4v) is 3.56. The van der Waals surface area contributed by atoms with Gasteiger partial charge in [0.2, 0.25) is 0 Å². The van der Waals surface area contributed by atoms with E-state index in [1.165, 1.54) is 16.7 Å². The Balaban J connectivity index is 1.70. The Hall–Kier alpha value is -4.53. The predicted molar refractivity (Wildman–Crippen MR) is 116 cm³/mol. The third-order valence-corrected chi connectivity index (χ3v) is 5.13. The number of hydrogen-bond acceptors (Lipinski definition) is 6. The molecule has 0 saturated heterocycles. The third kappa shape index (κ3) is 3.45. The van der Waals surface area contributed by atoms with Gasteiger partial charge in [0.25, 0.3) is 11.5 Å². The number of carbonyl (C=O) groups is 1. The lowest BCUT2D eigenvalue weighted by atomic mass is 10.1. The van der Waals surface area contributed by atoms with Crippen molar-refractivity contribution in [1.29, 1.82) is 5.41 Å². The molecule has 0 unspecified atom stereocenters. The lowest BCUT2D eigenvalue weighted by molar-refractivity contribution is 0.0945. The van der Waals surface area contributed by atoms with E-state index in [0.29, 0.717) is 17.1 Å². The van der Waals surface area contributed by atoms with E-state index in [1.807, 2.05) is 6.07 Å². The standard InChI is InChI=1S/C23H18N6O3/c24-20-17(22(30)26-13-16-6-4-10-32-16)11-18-21(29(20)14-15-5-3-8-25-12-15)27-19-7-1-2-9-28(19)23(18)31/h1-12,24H,13-14H2,(H,26,30). The van der Waals surface area contributed by atoms with Gasteiger partial charge in [0.1, 0.15) is 22.5 Å². The van der Waals surface area contributed by atoms with Crippen molar-refractivity contribution in [2.24, 2.45) is 0 Å². The molecule has 1 amide bonds. The summed E-state index contributed by atoms with van der Waals surface area (Å²) in [5, 5.41) is 11.7. The Morgan fingerprint density at radius 2 is 2.06 bits per heavy atom. The maximum atomic E-state index is 13.2. The minimum Gasteiger partial charge on any atom is -0.467 e. The second kappa shape index (κ2) is 7.95. The largest absolute Gasteiger partial charge is 0.467 e. The highest BCUT2D eigenvalue weighted by atomic mass is 16.3. The van der Waals surface area contributed by atoms with Gasteiger partial charge in [0.15, 0.2) is 0 Å². The van der Waals surface area contributed by atoms with E-state index in [9.17, 15) is 9.59 Å². The van der Waals surface area contributed by atoms with Crippen molar-refractivity contribution in [2.75, 3.05) is 0 Å². The Morgan fingerprint density at radius 1 is 1.16 bits per heavy atom. The molecule has 0 fully saturated rings. The number of pyridine rings is 3. The number of carbonyl (C=O) groups excluding carboxylic acids is 1. The van der Waals surface area contributed by atoms with Gasteiger partial charge in [-0.1, -0.05) is 12.1 Å². The first-order chi connectivity index (χ1) is 15.6. The molecule has 9 nitrogen and oxygen atoms in total. The molecule has 0 spiro atoms. The maximum Gasteiger partial charge on any atom is 0.267 e. The van der Waals surface area contributed by atoms with Crippen LogP contribution in [0.5, 0.6) is 0 Å². The van der Waals surface area contributed by atoms with Crippen molar-refractivity contribution >= 4 is 22.6 Å². The normalized spacial score (nSPS) is 11.1. The Morgan fingerprint density at radius 3 is 2.84 bits per heavy atom. The van der Waals surface area contributed by atoms with Crippen LogP contribution in [0.2, 0.25) is 0 Å². The SMILES string of the molecule is N=c1c(C(=O)NCc2ccco2)cc2c(=O)n3ccccc3nc2n1Cc1cccnc1. The molecule has 2 N–H and O–H groups in total. The van der Waals surface area contributed by atoms with Crippen LogP contribution in [-0.4, -0.2) is 24.8 Å². The van der Waals surface area contributed by atoms with Crippen LogP contribution in [-0.2, 0) is 13.1 Å². The third-order valence-electron chi connectivity index (χ3n) is 5.13. The number of amides is 1. The summed E-state index contributed by atoms with van der Waals surface area (Å²) in [6.07, 6.45) is 6.48. The molecule has 32 heavy (non-hydrogen) atoms. The van der Waals surface area contributed by atoms with Crippen molar-refractivity contribution in [3.8, 4) is 0 Å². The average Bonchev–Trinajstić information content (AvgIpc) is 3.34. The predicted octanol–water partition coefficient (Wildman–Crippen LogP) is 2.09. The van der Waals surface area contributed by atoms with Gasteiger partial charge in [-0.3, -0.25) is 24.4 Å². The molecule has 0 bridgehead atoms. The zero-order chi connectivity index (χ0) is 22.1. The Bertz CT molecular complexity index is 1550. The van der Waals surface area contributed by atoms with Gasteiger partial charge in [-0.2, -0.15) is 0 Å². The van der Waals surface area contributed by atoms with Gasteiger partial charge in [0, 0.05) is 18.6 Å². The molecule has 5 heterocycles. The number of aromatic nitrogens is 4. The van der Waals surface area contributed by atoms with Crippen LogP contribution in [0.15, 0.2) is 82.6 Å². The lowest BCUT2D eigenvalue weighted by Gasteiger charge is -2.14. The number of rotatable bonds is 5. The fourth-order valence-electron chi connectivity index (χ4n) is 3.56. The zero-order valence-electron chi connectivity index (χ0n) is 16.9. The van der Waals surface area contributed by atoms with Crippen LogP contribution in [0.1, 0.15) is 21.7 Å². The second-order valence-electron chi connectivity index (χ2n) is 7.20. The molecule has 5 rings (SSSR count). The Kier molecular flexibility index (Phi) is 4.83. The molecule has 0 saturated carbocycles. The summed E-state index contributed by atoms with van der Waals surface area (Å²) in [6, 6.07) is 13.8. The number of furan rings is 1. The number of fused-ring (bicyclic) bond motifs is 2. The summed E-state index contributed by atoms with van der Waals surface area (Å²) in [4.78, 5) is 34.9. The summed E-state index contributed by atoms with van der Waals surface area (Å²) >= 11 is 0. The first kappa shape index (κ1) is 19.4. The molecular weight excluding hydrogens is 408 g/mol. The van der Waals surface area contributed by atoms with Crippen LogP contribution < -0.4 is 16.4 Å². The van der Waals surface area contributed by atoms with Crippen LogP contribution in [0.25, 0.3) is 16.7 Å². The van der Waals surface area contributed by atoms with E-state index in [1.54, 1.807) is 59.6 Å². The van der Waals surface area contributed by atoms with Crippen LogP contribution in [0.3, 0.4) is 0 Å². The molecule has 0 aromatic carbocycles. The second-order valence-corrected chi connectivity index (χ2v) is 7.20. The molecule has 158 valence electrons. The minimum absolute atomic E-state index is 0.0505. The fraction of sp³-hybridized carbons (Fsp3) is 0.0870. The van der Waals surface area contributed by atoms with E-state index in [4.69, 9.17) is 9.83 Å². The van der Waals surface area contributed by atoms with Crippen LogP contribution >= 0.6 is 0 Å². The van der Waals surface area contributed by atoms with Crippen molar-refractivity contribution in [1.82, 2.24) is 24.3 Å². The summed E-state index contributed by atoms with van der Waals surface area (Å²) in [6.45, 7) is 0.402. The average molecular weight is 426 g/mol. The molecule has 0 aliphatic rings. The summed E-state index contributed by atoms with van der Waals surface area (Å²) in [5.41, 5.74) is 1.31. The van der Waals surface area contributed by atoms with Crippen molar-refractivity contribution in [3.63, 3.8) is 0 Å². The van der Waals surface area contributed by atoms with Crippen molar-refractivity contribution < 1.29 is 9.21 Å². The molecule has 5 aromatic heterocycles. The minimum atomic E-state index is -0.481. The summed E-state index contributed by atoms with van der Waals surface area (Å²) in [7, 11) is 0. The van der Waals surface area contributed by atoms with Gasteiger partial charge in [-0.15, -0.1) is 0 Å². The molecule has 0 aliphatic heterocycles. The number of nitrogens with zero attached hydrogens (tertiary/aromatic N) is 4. The van der Waals surface area contributed by atoms with Gasteiger partial charge in [-0.05, 0) is 42.0 Å². The first-order valence-electron chi connectivity index (χ1n) is 9.91. The summed E-state index contributed by atoms with van der Waals surface area (Å²) < 4.78 is 8.23. The van der Waals surface area contributed by atoms with Crippen LogP contribution in [0.4, 0.5) is 0 Å². The van der Waals surface area contributed by atoms with E-state index < -0.39 is 5.91 Å². The van der Waals surface area contributed by atoms with E-state index >= 15 is 0 Å². The zero-order valence-corrected chi connectivity index (χ0v) is 16.9. The van der Waals surface area contributed by atoms with Crippen molar-refractivity contribution in [3.05, 3.63) is 106 Å².